The second-order valence-electron chi connectivity index (χ2n) is 7.53. The van der Waals surface area contributed by atoms with E-state index in [9.17, 15) is 0 Å². The summed E-state index contributed by atoms with van der Waals surface area (Å²) < 4.78 is 0. The molecule has 22 heavy (non-hydrogen) atoms. The highest BCUT2D eigenvalue weighted by Gasteiger charge is 2.19. The molecule has 0 saturated heterocycles. The molecule has 0 bridgehead atoms. The highest BCUT2D eigenvalue weighted by molar-refractivity contribution is 4.95. The molecule has 2 aliphatic carbocycles. The molecule has 0 atom stereocenters. The standard InChI is InChI=1S/C22H36/c1-3-5-8-20-15-17-22(18-16-20)10-7-6-9-21-13-11-19(4-2)12-14-21/h4-6,8-9,19-22H,2-3,7,10-18H2,1H3/b8-5+,9-6+/t19-,20-,21-,22-. The fraction of sp³-hybridized carbons (Fsp3) is 0.727. The van der Waals surface area contributed by atoms with Crippen molar-refractivity contribution in [3.05, 3.63) is 37.0 Å². The quantitative estimate of drug-likeness (QED) is 0.440. The molecule has 2 saturated carbocycles. The third kappa shape index (κ3) is 6.15. The highest BCUT2D eigenvalue weighted by Crippen LogP contribution is 2.33. The second-order valence-corrected chi connectivity index (χ2v) is 7.53. The van der Waals surface area contributed by atoms with Gasteiger partial charge in [-0.05, 0) is 94.3 Å². The Hall–Kier alpha value is -0.780. The zero-order chi connectivity index (χ0) is 15.6. The molecular formula is C22H36. The monoisotopic (exact) mass is 300 g/mol. The summed E-state index contributed by atoms with van der Waals surface area (Å²) in [5.74, 6) is 3.52. The van der Waals surface area contributed by atoms with E-state index in [1.54, 1.807) is 0 Å². The van der Waals surface area contributed by atoms with E-state index in [1.807, 2.05) is 0 Å². The maximum Gasteiger partial charge on any atom is -0.0233 e. The van der Waals surface area contributed by atoms with Gasteiger partial charge in [-0.15, -0.1) is 6.58 Å². The molecule has 0 nitrogen and oxygen atoms in total. The van der Waals surface area contributed by atoms with E-state index in [2.05, 4.69) is 43.9 Å². The topological polar surface area (TPSA) is 0 Å². The van der Waals surface area contributed by atoms with Crippen LogP contribution in [0.4, 0.5) is 0 Å². The third-order valence-corrected chi connectivity index (χ3v) is 5.84. The van der Waals surface area contributed by atoms with Crippen LogP contribution in [0.1, 0.15) is 77.6 Å². The van der Waals surface area contributed by atoms with Crippen molar-refractivity contribution in [2.75, 3.05) is 0 Å². The third-order valence-electron chi connectivity index (χ3n) is 5.84. The molecule has 0 aliphatic heterocycles. The lowest BCUT2D eigenvalue weighted by Crippen LogP contribution is -2.13. The Morgan fingerprint density at radius 2 is 1.32 bits per heavy atom. The molecule has 0 aromatic carbocycles. The molecule has 0 unspecified atom stereocenters. The van der Waals surface area contributed by atoms with Crippen molar-refractivity contribution in [2.45, 2.75) is 77.6 Å². The largest absolute Gasteiger partial charge is 0.103 e. The summed E-state index contributed by atoms with van der Waals surface area (Å²) in [5, 5.41) is 0. The number of hydrogen-bond donors (Lipinski definition) is 0. The van der Waals surface area contributed by atoms with Crippen LogP contribution in [-0.4, -0.2) is 0 Å². The molecule has 0 aromatic rings. The maximum absolute atomic E-state index is 3.94. The van der Waals surface area contributed by atoms with E-state index in [0.29, 0.717) is 0 Å². The Labute approximate surface area is 138 Å². The van der Waals surface area contributed by atoms with Crippen LogP contribution >= 0.6 is 0 Å². The van der Waals surface area contributed by atoms with Crippen LogP contribution in [0.15, 0.2) is 37.0 Å². The fourth-order valence-corrected chi connectivity index (χ4v) is 4.19. The van der Waals surface area contributed by atoms with Gasteiger partial charge in [-0.1, -0.05) is 37.3 Å². The molecule has 0 heterocycles. The van der Waals surface area contributed by atoms with Crippen molar-refractivity contribution in [3.8, 4) is 0 Å². The Morgan fingerprint density at radius 1 is 0.773 bits per heavy atom. The fourth-order valence-electron chi connectivity index (χ4n) is 4.19. The van der Waals surface area contributed by atoms with Gasteiger partial charge in [-0.25, -0.2) is 0 Å². The van der Waals surface area contributed by atoms with Gasteiger partial charge >= 0.3 is 0 Å². The van der Waals surface area contributed by atoms with E-state index in [4.69, 9.17) is 0 Å². The molecule has 0 amide bonds. The van der Waals surface area contributed by atoms with Gasteiger partial charge in [-0.2, -0.15) is 0 Å². The highest BCUT2D eigenvalue weighted by atomic mass is 14.2. The molecule has 0 radical (unpaired) electrons. The van der Waals surface area contributed by atoms with Crippen molar-refractivity contribution in [1.82, 2.24) is 0 Å². The van der Waals surface area contributed by atoms with Gasteiger partial charge in [0.15, 0.2) is 0 Å². The lowest BCUT2D eigenvalue weighted by atomic mass is 9.79. The first-order valence-corrected chi connectivity index (χ1v) is 9.77. The van der Waals surface area contributed by atoms with Gasteiger partial charge < -0.3 is 0 Å². The molecule has 0 heteroatoms. The van der Waals surface area contributed by atoms with Gasteiger partial charge in [0.1, 0.15) is 0 Å². The molecule has 2 aliphatic rings. The predicted octanol–water partition coefficient (Wildman–Crippen LogP) is 7.09. The van der Waals surface area contributed by atoms with Crippen LogP contribution in [0.25, 0.3) is 0 Å². The first-order chi connectivity index (χ1) is 10.8. The van der Waals surface area contributed by atoms with Gasteiger partial charge in [0.25, 0.3) is 0 Å². The first kappa shape index (κ1) is 17.6. The Kier molecular flexibility index (Phi) is 8.05. The molecule has 0 spiro atoms. The average Bonchev–Trinajstić information content (AvgIpc) is 2.58. The number of rotatable bonds is 7. The predicted molar refractivity (Wildman–Crippen MR) is 98.9 cm³/mol. The summed E-state index contributed by atoms with van der Waals surface area (Å²) >= 11 is 0. The van der Waals surface area contributed by atoms with Crippen LogP contribution in [0.2, 0.25) is 0 Å². The minimum atomic E-state index is 0.793. The number of hydrogen-bond acceptors (Lipinski definition) is 0. The van der Waals surface area contributed by atoms with Crippen LogP contribution < -0.4 is 0 Å². The van der Waals surface area contributed by atoms with Crippen LogP contribution in [0.5, 0.6) is 0 Å². The summed E-state index contributed by atoms with van der Waals surface area (Å²) in [5.41, 5.74) is 0. The second kappa shape index (κ2) is 10.1. The normalized spacial score (nSPS) is 33.5. The summed E-state index contributed by atoms with van der Waals surface area (Å²) in [7, 11) is 0. The first-order valence-electron chi connectivity index (χ1n) is 9.77. The summed E-state index contributed by atoms with van der Waals surface area (Å²) in [6.07, 6.45) is 27.1. The van der Waals surface area contributed by atoms with Crippen molar-refractivity contribution >= 4 is 0 Å². The molecule has 2 rings (SSSR count). The summed E-state index contributed by atoms with van der Waals surface area (Å²) in [4.78, 5) is 0. The SMILES string of the molecule is C=C[C@H]1CC[C@H](/C=C/CC[C@H]2CC[C@H](/C=C/CC)CC2)CC1. The minimum absolute atomic E-state index is 0.793. The molecule has 0 aromatic heterocycles. The molecule has 2 fully saturated rings. The maximum atomic E-state index is 3.94. The van der Waals surface area contributed by atoms with Crippen LogP contribution in [0.3, 0.4) is 0 Å². The van der Waals surface area contributed by atoms with E-state index < -0.39 is 0 Å². The van der Waals surface area contributed by atoms with Gasteiger partial charge in [-0.3, -0.25) is 0 Å². The zero-order valence-corrected chi connectivity index (χ0v) is 14.7. The molecule has 124 valence electrons. The minimum Gasteiger partial charge on any atom is -0.103 e. The van der Waals surface area contributed by atoms with Crippen molar-refractivity contribution < 1.29 is 0 Å². The van der Waals surface area contributed by atoms with Crippen molar-refractivity contribution in [1.29, 1.82) is 0 Å². The zero-order valence-electron chi connectivity index (χ0n) is 14.7. The van der Waals surface area contributed by atoms with Gasteiger partial charge in [0, 0.05) is 0 Å². The van der Waals surface area contributed by atoms with Gasteiger partial charge in [0.2, 0.25) is 0 Å². The summed E-state index contributed by atoms with van der Waals surface area (Å²) in [6, 6.07) is 0. The van der Waals surface area contributed by atoms with E-state index >= 15 is 0 Å². The average molecular weight is 301 g/mol. The Bertz CT molecular complexity index is 346. The number of allylic oxidation sites excluding steroid dienone is 5. The van der Waals surface area contributed by atoms with Gasteiger partial charge in [0.05, 0.1) is 0 Å². The smallest absolute Gasteiger partial charge is 0.0233 e. The molecule has 0 N–H and O–H groups in total. The van der Waals surface area contributed by atoms with Crippen molar-refractivity contribution in [3.63, 3.8) is 0 Å². The van der Waals surface area contributed by atoms with Crippen molar-refractivity contribution in [2.24, 2.45) is 23.7 Å². The molecular weight excluding hydrogens is 264 g/mol. The van der Waals surface area contributed by atoms with E-state index in [-0.39, 0.29) is 0 Å². The van der Waals surface area contributed by atoms with E-state index in [1.165, 1.54) is 70.6 Å². The summed E-state index contributed by atoms with van der Waals surface area (Å²) in [6.45, 7) is 6.17. The van der Waals surface area contributed by atoms with Crippen LogP contribution in [-0.2, 0) is 0 Å². The van der Waals surface area contributed by atoms with E-state index in [0.717, 1.165) is 23.7 Å². The lowest BCUT2D eigenvalue weighted by Gasteiger charge is -2.26. The Morgan fingerprint density at radius 3 is 1.91 bits per heavy atom. The Balaban J connectivity index is 1.56. The van der Waals surface area contributed by atoms with Crippen LogP contribution in [0, 0.1) is 23.7 Å². The lowest BCUT2D eigenvalue weighted by molar-refractivity contribution is 0.297.